The van der Waals surface area contributed by atoms with Gasteiger partial charge in [-0.3, -0.25) is 4.57 Å². The van der Waals surface area contributed by atoms with Gasteiger partial charge in [0.1, 0.15) is 11.3 Å². The second-order valence-corrected chi connectivity index (χ2v) is 5.14. The molecule has 0 aliphatic heterocycles. The maximum Gasteiger partial charge on any atom is 0.164 e. The summed E-state index contributed by atoms with van der Waals surface area (Å²) < 4.78 is 2.15. The van der Waals surface area contributed by atoms with Crippen LogP contribution in [0.2, 0.25) is 0 Å². The molecular weight excluding hydrogens is 234 g/mol. The van der Waals surface area contributed by atoms with Gasteiger partial charge in [0, 0.05) is 17.8 Å². The Morgan fingerprint density at radius 2 is 1.79 bits per heavy atom. The van der Waals surface area contributed by atoms with Crippen molar-refractivity contribution in [2.24, 2.45) is 0 Å². The van der Waals surface area contributed by atoms with Crippen molar-refractivity contribution in [1.29, 1.82) is 0 Å². The molecule has 0 amide bonds. The second kappa shape index (κ2) is 4.50. The highest BCUT2D eigenvalue weighted by Gasteiger charge is 2.15. The van der Waals surface area contributed by atoms with Crippen LogP contribution in [-0.2, 0) is 0 Å². The largest absolute Gasteiger partial charge is 0.281 e. The average molecular weight is 251 g/mol. The van der Waals surface area contributed by atoms with Crippen LogP contribution in [0.25, 0.3) is 16.9 Å². The van der Waals surface area contributed by atoms with Crippen molar-refractivity contribution in [3.05, 3.63) is 54.0 Å². The summed E-state index contributed by atoms with van der Waals surface area (Å²) in [5.41, 5.74) is 4.25. The third kappa shape index (κ3) is 2.01. The Morgan fingerprint density at radius 1 is 1.05 bits per heavy atom. The number of pyridine rings is 1. The van der Waals surface area contributed by atoms with Crippen LogP contribution < -0.4 is 0 Å². The second-order valence-electron chi connectivity index (χ2n) is 5.14. The van der Waals surface area contributed by atoms with Gasteiger partial charge in [-0.15, -0.1) is 0 Å². The molecule has 1 aromatic carbocycles. The van der Waals surface area contributed by atoms with E-state index in [4.69, 9.17) is 4.98 Å². The molecule has 0 atom stereocenters. The fourth-order valence-electron chi connectivity index (χ4n) is 2.27. The molecule has 3 heteroatoms. The van der Waals surface area contributed by atoms with Crippen LogP contribution in [0.4, 0.5) is 0 Å². The summed E-state index contributed by atoms with van der Waals surface area (Å²) in [7, 11) is 0. The first-order valence-corrected chi connectivity index (χ1v) is 6.57. The number of fused-ring (bicyclic) bond motifs is 1. The van der Waals surface area contributed by atoms with Crippen LogP contribution in [0.15, 0.2) is 42.6 Å². The van der Waals surface area contributed by atoms with Crippen molar-refractivity contribution in [2.45, 2.75) is 26.7 Å². The van der Waals surface area contributed by atoms with E-state index in [2.05, 4.69) is 54.6 Å². The Morgan fingerprint density at radius 3 is 2.47 bits per heavy atom. The molecule has 19 heavy (non-hydrogen) atoms. The zero-order chi connectivity index (χ0) is 13.4. The lowest BCUT2D eigenvalue weighted by atomic mass is 10.2. The van der Waals surface area contributed by atoms with E-state index < -0.39 is 0 Å². The number of aromatic nitrogens is 3. The molecular formula is C16H17N3. The first kappa shape index (κ1) is 11.9. The SMILES string of the molecule is Cc1ccc(-n2c(C(C)C)nc3cccnc32)cc1. The Balaban J connectivity index is 2.31. The van der Waals surface area contributed by atoms with Gasteiger partial charge in [0.05, 0.1) is 0 Å². The molecule has 0 N–H and O–H groups in total. The lowest BCUT2D eigenvalue weighted by Crippen LogP contribution is -2.03. The molecule has 3 nitrogen and oxygen atoms in total. The molecule has 3 aromatic rings. The van der Waals surface area contributed by atoms with Gasteiger partial charge in [-0.1, -0.05) is 31.5 Å². The van der Waals surface area contributed by atoms with Gasteiger partial charge in [-0.25, -0.2) is 9.97 Å². The predicted molar refractivity (Wildman–Crippen MR) is 77.7 cm³/mol. The zero-order valence-corrected chi connectivity index (χ0v) is 11.5. The zero-order valence-electron chi connectivity index (χ0n) is 11.5. The van der Waals surface area contributed by atoms with E-state index in [-0.39, 0.29) is 0 Å². The van der Waals surface area contributed by atoms with Crippen LogP contribution in [0, 0.1) is 6.92 Å². The maximum atomic E-state index is 4.71. The summed E-state index contributed by atoms with van der Waals surface area (Å²) in [6.07, 6.45) is 1.82. The Labute approximate surface area is 112 Å². The minimum atomic E-state index is 0.357. The van der Waals surface area contributed by atoms with Crippen LogP contribution in [0.1, 0.15) is 31.2 Å². The van der Waals surface area contributed by atoms with Crippen molar-refractivity contribution < 1.29 is 0 Å². The summed E-state index contributed by atoms with van der Waals surface area (Å²) in [5.74, 6) is 1.41. The lowest BCUT2D eigenvalue weighted by molar-refractivity contribution is 0.757. The van der Waals surface area contributed by atoms with Crippen molar-refractivity contribution >= 4 is 11.2 Å². The van der Waals surface area contributed by atoms with E-state index in [0.29, 0.717) is 5.92 Å². The number of hydrogen-bond donors (Lipinski definition) is 0. The van der Waals surface area contributed by atoms with Crippen molar-refractivity contribution in [3.63, 3.8) is 0 Å². The predicted octanol–water partition coefficient (Wildman–Crippen LogP) is 3.85. The monoisotopic (exact) mass is 251 g/mol. The van der Waals surface area contributed by atoms with Crippen LogP contribution in [-0.4, -0.2) is 14.5 Å². The van der Waals surface area contributed by atoms with Gasteiger partial charge in [0.15, 0.2) is 5.65 Å². The molecule has 0 saturated carbocycles. The summed E-state index contributed by atoms with van der Waals surface area (Å²) in [5, 5.41) is 0. The van der Waals surface area contributed by atoms with Gasteiger partial charge >= 0.3 is 0 Å². The van der Waals surface area contributed by atoms with E-state index in [0.717, 1.165) is 22.7 Å². The van der Waals surface area contributed by atoms with E-state index >= 15 is 0 Å². The van der Waals surface area contributed by atoms with Gasteiger partial charge in [0.25, 0.3) is 0 Å². The molecule has 0 unspecified atom stereocenters. The Bertz CT molecular complexity index is 708. The number of imidazole rings is 1. The Kier molecular flexibility index (Phi) is 2.82. The summed E-state index contributed by atoms with van der Waals surface area (Å²) in [4.78, 5) is 9.19. The number of rotatable bonds is 2. The molecule has 0 aliphatic carbocycles. The Hall–Kier alpha value is -2.16. The van der Waals surface area contributed by atoms with Crippen molar-refractivity contribution in [1.82, 2.24) is 14.5 Å². The number of aryl methyl sites for hydroxylation is 1. The highest BCUT2D eigenvalue weighted by molar-refractivity contribution is 5.74. The molecule has 0 spiro atoms. The topological polar surface area (TPSA) is 30.7 Å². The smallest absolute Gasteiger partial charge is 0.164 e. The quantitative estimate of drug-likeness (QED) is 0.692. The van der Waals surface area contributed by atoms with E-state index in [1.165, 1.54) is 5.56 Å². The highest BCUT2D eigenvalue weighted by Crippen LogP contribution is 2.24. The molecule has 3 rings (SSSR count). The van der Waals surface area contributed by atoms with Gasteiger partial charge in [-0.05, 0) is 31.2 Å². The molecule has 2 aromatic heterocycles. The fraction of sp³-hybridized carbons (Fsp3) is 0.250. The third-order valence-corrected chi connectivity index (χ3v) is 3.25. The molecule has 0 radical (unpaired) electrons. The van der Waals surface area contributed by atoms with Crippen molar-refractivity contribution in [3.8, 4) is 5.69 Å². The van der Waals surface area contributed by atoms with Crippen LogP contribution in [0.3, 0.4) is 0 Å². The maximum absolute atomic E-state index is 4.71. The lowest BCUT2D eigenvalue weighted by Gasteiger charge is -2.11. The molecule has 96 valence electrons. The summed E-state index contributed by atoms with van der Waals surface area (Å²) in [6.45, 7) is 6.41. The standard InChI is InChI=1S/C16H17N3/c1-11(2)15-18-14-5-4-10-17-16(14)19(15)13-8-6-12(3)7-9-13/h4-11H,1-3H3. The fourth-order valence-corrected chi connectivity index (χ4v) is 2.27. The van der Waals surface area contributed by atoms with E-state index in [1.807, 2.05) is 18.3 Å². The van der Waals surface area contributed by atoms with Crippen LogP contribution >= 0.6 is 0 Å². The summed E-state index contributed by atoms with van der Waals surface area (Å²) >= 11 is 0. The molecule has 2 heterocycles. The van der Waals surface area contributed by atoms with Crippen molar-refractivity contribution in [2.75, 3.05) is 0 Å². The first-order chi connectivity index (χ1) is 9.16. The molecule has 0 fully saturated rings. The number of benzene rings is 1. The molecule has 0 aliphatic rings. The van der Waals surface area contributed by atoms with E-state index in [9.17, 15) is 0 Å². The van der Waals surface area contributed by atoms with Gasteiger partial charge in [-0.2, -0.15) is 0 Å². The highest BCUT2D eigenvalue weighted by atomic mass is 15.1. The van der Waals surface area contributed by atoms with Gasteiger partial charge in [0.2, 0.25) is 0 Å². The number of hydrogen-bond acceptors (Lipinski definition) is 2. The summed E-state index contributed by atoms with van der Waals surface area (Å²) in [6, 6.07) is 12.4. The average Bonchev–Trinajstić information content (AvgIpc) is 2.79. The normalized spacial score (nSPS) is 11.4. The third-order valence-electron chi connectivity index (χ3n) is 3.25. The van der Waals surface area contributed by atoms with Gasteiger partial charge < -0.3 is 0 Å². The molecule has 0 bridgehead atoms. The molecule has 0 saturated heterocycles. The first-order valence-electron chi connectivity index (χ1n) is 6.57. The van der Waals surface area contributed by atoms with Crippen LogP contribution in [0.5, 0.6) is 0 Å². The minimum Gasteiger partial charge on any atom is -0.281 e. The van der Waals surface area contributed by atoms with E-state index in [1.54, 1.807) is 0 Å². The minimum absolute atomic E-state index is 0.357. The number of nitrogens with zero attached hydrogens (tertiary/aromatic N) is 3.